The molecule has 6 nitrogen and oxygen atoms in total. The summed E-state index contributed by atoms with van der Waals surface area (Å²) in [5.74, 6) is 1.19. The molecule has 2 amide bonds. The maximum atomic E-state index is 12.3. The van der Waals surface area contributed by atoms with Crippen LogP contribution in [0.1, 0.15) is 43.7 Å². The van der Waals surface area contributed by atoms with Crippen molar-refractivity contribution in [2.75, 3.05) is 31.5 Å². The molecule has 168 valence electrons. The van der Waals surface area contributed by atoms with Gasteiger partial charge in [0.1, 0.15) is 0 Å². The van der Waals surface area contributed by atoms with Crippen molar-refractivity contribution in [3.8, 4) is 0 Å². The molecule has 0 spiro atoms. The maximum absolute atomic E-state index is 12.3. The Morgan fingerprint density at radius 3 is 2.52 bits per heavy atom. The number of anilines is 1. The lowest BCUT2D eigenvalue weighted by atomic mass is 10.0. The van der Waals surface area contributed by atoms with Crippen LogP contribution in [0.2, 0.25) is 0 Å². The summed E-state index contributed by atoms with van der Waals surface area (Å²) >= 11 is 0. The van der Waals surface area contributed by atoms with Crippen molar-refractivity contribution in [3.05, 3.63) is 65.7 Å². The first-order valence-corrected chi connectivity index (χ1v) is 10.9. The van der Waals surface area contributed by atoms with E-state index in [0.29, 0.717) is 12.5 Å². The topological polar surface area (TPSA) is 68.8 Å². The minimum atomic E-state index is -0.0157. The highest BCUT2D eigenvalue weighted by Crippen LogP contribution is 2.15. The first kappa shape index (κ1) is 25.0. The molecule has 1 aliphatic rings. The standard InChI is InChI=1S/C24H33N5O.HI/c1-3-25-23(26-17-19(2)21-11-5-4-6-12-21)27-18-20-10-9-13-22(16-20)28-24(30)29-14-7-8-15-29;/h4-6,9-13,16,19H,3,7-8,14-15,17-18H2,1-2H3,(H,28,30)(H2,25,26,27);1H. The molecule has 1 atom stereocenters. The number of urea groups is 1. The molecule has 1 saturated heterocycles. The van der Waals surface area contributed by atoms with Crippen LogP contribution in [0.25, 0.3) is 0 Å². The summed E-state index contributed by atoms with van der Waals surface area (Å²) in [6.07, 6.45) is 2.18. The molecule has 1 unspecified atom stereocenters. The second-order valence-electron chi connectivity index (χ2n) is 7.71. The third kappa shape index (κ3) is 8.05. The number of guanidine groups is 1. The van der Waals surface area contributed by atoms with Gasteiger partial charge < -0.3 is 20.9 Å². The van der Waals surface area contributed by atoms with Gasteiger partial charge in [0.05, 0.1) is 6.54 Å². The van der Waals surface area contributed by atoms with E-state index in [-0.39, 0.29) is 30.0 Å². The predicted octanol–water partition coefficient (Wildman–Crippen LogP) is 4.79. The van der Waals surface area contributed by atoms with Gasteiger partial charge in [-0.15, -0.1) is 24.0 Å². The van der Waals surface area contributed by atoms with Crippen molar-refractivity contribution in [1.82, 2.24) is 15.5 Å². The Morgan fingerprint density at radius 2 is 1.81 bits per heavy atom. The Kier molecular flexibility index (Phi) is 10.6. The third-order valence-electron chi connectivity index (χ3n) is 5.28. The Hall–Kier alpha value is -2.29. The lowest BCUT2D eigenvalue weighted by molar-refractivity contribution is 0.222. The largest absolute Gasteiger partial charge is 0.357 e. The van der Waals surface area contributed by atoms with Gasteiger partial charge in [-0.1, -0.05) is 49.4 Å². The van der Waals surface area contributed by atoms with Gasteiger partial charge >= 0.3 is 6.03 Å². The lowest BCUT2D eigenvalue weighted by Gasteiger charge is -2.17. The molecule has 1 heterocycles. The summed E-state index contributed by atoms with van der Waals surface area (Å²) in [5, 5.41) is 9.74. The molecular weight excluding hydrogens is 501 g/mol. The molecular formula is C24H34IN5O. The molecule has 0 bridgehead atoms. The molecule has 0 radical (unpaired) electrons. The second kappa shape index (κ2) is 13.2. The number of halogens is 1. The van der Waals surface area contributed by atoms with Gasteiger partial charge in [-0.05, 0) is 48.9 Å². The molecule has 1 aliphatic heterocycles. The normalized spacial score (nSPS) is 14.5. The fourth-order valence-electron chi connectivity index (χ4n) is 3.53. The Balaban J connectivity index is 0.00000341. The molecule has 31 heavy (non-hydrogen) atoms. The van der Waals surface area contributed by atoms with Crippen molar-refractivity contribution in [3.63, 3.8) is 0 Å². The van der Waals surface area contributed by atoms with Gasteiger partial charge in [0.25, 0.3) is 0 Å². The summed E-state index contributed by atoms with van der Waals surface area (Å²) in [6.45, 7) is 8.11. The van der Waals surface area contributed by atoms with Crippen LogP contribution in [0, 0.1) is 0 Å². The van der Waals surface area contributed by atoms with Gasteiger partial charge in [-0.2, -0.15) is 0 Å². The SMILES string of the molecule is CCNC(=NCc1cccc(NC(=O)N2CCCC2)c1)NCC(C)c1ccccc1.I. The first-order valence-electron chi connectivity index (χ1n) is 10.9. The molecule has 2 aromatic carbocycles. The van der Waals surface area contributed by atoms with E-state index in [1.165, 1.54) is 5.56 Å². The molecule has 0 saturated carbocycles. The number of rotatable bonds is 7. The number of amides is 2. The highest BCUT2D eigenvalue weighted by atomic mass is 127. The highest BCUT2D eigenvalue weighted by molar-refractivity contribution is 14.0. The summed E-state index contributed by atoms with van der Waals surface area (Å²) in [7, 11) is 0. The van der Waals surface area contributed by atoms with Gasteiger partial charge in [0, 0.05) is 31.9 Å². The van der Waals surface area contributed by atoms with Crippen LogP contribution in [-0.4, -0.2) is 43.1 Å². The second-order valence-corrected chi connectivity index (χ2v) is 7.71. The Labute approximate surface area is 202 Å². The molecule has 3 N–H and O–H groups in total. The number of nitrogens with zero attached hydrogens (tertiary/aromatic N) is 2. The molecule has 0 aliphatic carbocycles. The van der Waals surface area contributed by atoms with Crippen LogP contribution >= 0.6 is 24.0 Å². The monoisotopic (exact) mass is 535 g/mol. The average Bonchev–Trinajstić information content (AvgIpc) is 3.31. The number of likely N-dealkylation sites (tertiary alicyclic amines) is 1. The Bertz CT molecular complexity index is 837. The van der Waals surface area contributed by atoms with Crippen molar-refractivity contribution in [1.29, 1.82) is 0 Å². The average molecular weight is 535 g/mol. The zero-order valence-corrected chi connectivity index (χ0v) is 20.8. The van der Waals surface area contributed by atoms with Crippen LogP contribution in [0.5, 0.6) is 0 Å². The van der Waals surface area contributed by atoms with Gasteiger partial charge in [0.2, 0.25) is 0 Å². The first-order chi connectivity index (χ1) is 14.7. The van der Waals surface area contributed by atoms with Crippen molar-refractivity contribution < 1.29 is 4.79 Å². The predicted molar refractivity (Wildman–Crippen MR) is 139 cm³/mol. The molecule has 1 fully saturated rings. The Morgan fingerprint density at radius 1 is 1.06 bits per heavy atom. The molecule has 3 rings (SSSR count). The van der Waals surface area contributed by atoms with Gasteiger partial charge in [-0.3, -0.25) is 0 Å². The number of hydrogen-bond acceptors (Lipinski definition) is 2. The van der Waals surface area contributed by atoms with E-state index in [4.69, 9.17) is 4.99 Å². The van der Waals surface area contributed by atoms with E-state index in [2.05, 4.69) is 54.1 Å². The van der Waals surface area contributed by atoms with E-state index < -0.39 is 0 Å². The highest BCUT2D eigenvalue weighted by Gasteiger charge is 2.17. The summed E-state index contributed by atoms with van der Waals surface area (Å²) < 4.78 is 0. The van der Waals surface area contributed by atoms with Crippen LogP contribution in [0.15, 0.2) is 59.6 Å². The lowest BCUT2D eigenvalue weighted by Crippen LogP contribution is -2.39. The van der Waals surface area contributed by atoms with Crippen LogP contribution in [0.4, 0.5) is 10.5 Å². The fourth-order valence-corrected chi connectivity index (χ4v) is 3.53. The number of nitrogens with one attached hydrogen (secondary N) is 3. The molecule has 2 aromatic rings. The summed E-state index contributed by atoms with van der Waals surface area (Å²) in [5.41, 5.74) is 3.18. The van der Waals surface area contributed by atoms with Crippen LogP contribution < -0.4 is 16.0 Å². The van der Waals surface area contributed by atoms with E-state index >= 15 is 0 Å². The number of benzene rings is 2. The smallest absolute Gasteiger partial charge is 0.321 e. The van der Waals surface area contributed by atoms with Crippen LogP contribution in [-0.2, 0) is 6.54 Å². The number of hydrogen-bond donors (Lipinski definition) is 3. The van der Waals surface area contributed by atoms with Gasteiger partial charge in [0.15, 0.2) is 5.96 Å². The maximum Gasteiger partial charge on any atom is 0.321 e. The zero-order chi connectivity index (χ0) is 21.2. The van der Waals surface area contributed by atoms with E-state index in [9.17, 15) is 4.79 Å². The summed E-state index contributed by atoms with van der Waals surface area (Å²) in [6, 6.07) is 18.4. The van der Waals surface area contributed by atoms with E-state index in [1.54, 1.807) is 0 Å². The fraction of sp³-hybridized carbons (Fsp3) is 0.417. The minimum Gasteiger partial charge on any atom is -0.357 e. The quantitative estimate of drug-likeness (QED) is 0.271. The van der Waals surface area contributed by atoms with E-state index in [1.807, 2.05) is 35.2 Å². The molecule has 7 heteroatoms. The van der Waals surface area contributed by atoms with Crippen molar-refractivity contribution >= 4 is 41.7 Å². The number of aliphatic imine (C=N–C) groups is 1. The molecule has 0 aromatic heterocycles. The number of carbonyl (C=O) groups excluding carboxylic acids is 1. The minimum absolute atomic E-state index is 0. The number of carbonyl (C=O) groups is 1. The van der Waals surface area contributed by atoms with Crippen molar-refractivity contribution in [2.45, 2.75) is 39.2 Å². The van der Waals surface area contributed by atoms with Gasteiger partial charge in [-0.25, -0.2) is 9.79 Å². The van der Waals surface area contributed by atoms with Crippen LogP contribution in [0.3, 0.4) is 0 Å². The summed E-state index contributed by atoms with van der Waals surface area (Å²) in [4.78, 5) is 18.9. The van der Waals surface area contributed by atoms with E-state index in [0.717, 1.165) is 56.2 Å². The van der Waals surface area contributed by atoms with Crippen molar-refractivity contribution in [2.24, 2.45) is 4.99 Å². The third-order valence-corrected chi connectivity index (χ3v) is 5.28. The zero-order valence-electron chi connectivity index (χ0n) is 18.4.